The highest BCUT2D eigenvalue weighted by molar-refractivity contribution is 7.25. The number of hydrogen-bond donors (Lipinski definition) is 0. The number of fused-ring (bicyclic) bond motifs is 3. The summed E-state index contributed by atoms with van der Waals surface area (Å²) in [5, 5.41) is 1.16. The predicted octanol–water partition coefficient (Wildman–Crippen LogP) is 3.89. The molecule has 0 unspecified atom stereocenters. The molecule has 0 radical (unpaired) electrons. The fourth-order valence-corrected chi connectivity index (χ4v) is 3.42. The van der Waals surface area contributed by atoms with Crippen molar-refractivity contribution in [2.45, 2.75) is 20.8 Å². The van der Waals surface area contributed by atoms with E-state index in [9.17, 15) is 0 Å². The summed E-state index contributed by atoms with van der Waals surface area (Å²) in [4.78, 5) is 14.4. The Kier molecular flexibility index (Phi) is 2.59. The van der Waals surface area contributed by atoms with E-state index in [-0.39, 0.29) is 0 Å². The predicted molar refractivity (Wildman–Crippen MR) is 76.9 cm³/mol. The van der Waals surface area contributed by atoms with E-state index in [1.165, 1.54) is 5.56 Å². The summed E-state index contributed by atoms with van der Waals surface area (Å²) in [6.07, 6.45) is 5.64. The molecule has 90 valence electrons. The first-order valence-corrected chi connectivity index (χ1v) is 6.66. The summed E-state index contributed by atoms with van der Waals surface area (Å²) >= 11 is 1.67. The SMILES string of the molecule is C/C=C/c1ncnc2c1sc1nc(C)cc(C)c12. The summed E-state index contributed by atoms with van der Waals surface area (Å²) in [5.41, 5.74) is 4.27. The maximum absolute atomic E-state index is 4.60. The van der Waals surface area contributed by atoms with Gasteiger partial charge >= 0.3 is 0 Å². The van der Waals surface area contributed by atoms with Gasteiger partial charge in [-0.15, -0.1) is 11.3 Å². The highest BCUT2D eigenvalue weighted by atomic mass is 32.1. The fraction of sp³-hybridized carbons (Fsp3) is 0.214. The third-order valence-electron chi connectivity index (χ3n) is 2.90. The van der Waals surface area contributed by atoms with Gasteiger partial charge < -0.3 is 0 Å². The monoisotopic (exact) mass is 255 g/mol. The van der Waals surface area contributed by atoms with Gasteiger partial charge in [0, 0.05) is 11.1 Å². The van der Waals surface area contributed by atoms with Crippen LogP contribution in [0.1, 0.15) is 23.9 Å². The Morgan fingerprint density at radius 1 is 1.22 bits per heavy atom. The summed E-state index contributed by atoms with van der Waals surface area (Å²) in [6, 6.07) is 2.10. The van der Waals surface area contributed by atoms with Crippen molar-refractivity contribution in [1.29, 1.82) is 0 Å². The van der Waals surface area contributed by atoms with Gasteiger partial charge in [0.1, 0.15) is 11.2 Å². The number of nitrogens with zero attached hydrogens (tertiary/aromatic N) is 3. The van der Waals surface area contributed by atoms with Crippen LogP contribution >= 0.6 is 11.3 Å². The van der Waals surface area contributed by atoms with Crippen LogP contribution < -0.4 is 0 Å². The molecule has 3 aromatic heterocycles. The second-order valence-corrected chi connectivity index (χ2v) is 5.30. The fourth-order valence-electron chi connectivity index (χ4n) is 2.20. The summed E-state index contributed by atoms with van der Waals surface area (Å²) < 4.78 is 1.12. The van der Waals surface area contributed by atoms with Crippen molar-refractivity contribution < 1.29 is 0 Å². The van der Waals surface area contributed by atoms with Crippen LogP contribution in [0.3, 0.4) is 0 Å². The molecule has 0 aliphatic rings. The van der Waals surface area contributed by atoms with Crippen LogP contribution in [0.4, 0.5) is 0 Å². The Hall–Kier alpha value is -1.81. The van der Waals surface area contributed by atoms with E-state index in [1.54, 1.807) is 17.7 Å². The van der Waals surface area contributed by atoms with Crippen LogP contribution in [0.25, 0.3) is 26.5 Å². The van der Waals surface area contributed by atoms with E-state index >= 15 is 0 Å². The molecule has 0 saturated carbocycles. The average Bonchev–Trinajstić information content (AvgIpc) is 2.68. The van der Waals surface area contributed by atoms with Gasteiger partial charge in [0.15, 0.2) is 0 Å². The lowest BCUT2D eigenvalue weighted by atomic mass is 10.1. The maximum Gasteiger partial charge on any atom is 0.126 e. The Morgan fingerprint density at radius 2 is 2.06 bits per heavy atom. The number of hydrogen-bond acceptors (Lipinski definition) is 4. The standard InChI is InChI=1S/C14H13N3S/c1-4-5-10-13-12(16-7-15-10)11-8(2)6-9(3)17-14(11)18-13/h4-7H,1-3H3/b5-4+. The van der Waals surface area contributed by atoms with Crippen molar-refractivity contribution in [3.05, 3.63) is 35.4 Å². The van der Waals surface area contributed by atoms with Gasteiger partial charge in [-0.2, -0.15) is 0 Å². The minimum Gasteiger partial charge on any atom is -0.242 e. The smallest absolute Gasteiger partial charge is 0.126 e. The van der Waals surface area contributed by atoms with Crippen LogP contribution in [-0.4, -0.2) is 15.0 Å². The molecule has 0 bridgehead atoms. The zero-order valence-electron chi connectivity index (χ0n) is 10.6. The molecule has 3 nitrogen and oxygen atoms in total. The highest BCUT2D eigenvalue weighted by Crippen LogP contribution is 2.35. The van der Waals surface area contributed by atoms with Crippen molar-refractivity contribution in [2.24, 2.45) is 0 Å². The van der Waals surface area contributed by atoms with Crippen LogP contribution in [0.5, 0.6) is 0 Å². The van der Waals surface area contributed by atoms with E-state index in [4.69, 9.17) is 0 Å². The van der Waals surface area contributed by atoms with Crippen molar-refractivity contribution in [2.75, 3.05) is 0 Å². The first kappa shape index (κ1) is 11.3. The summed E-state index contributed by atoms with van der Waals surface area (Å²) in [6.45, 7) is 6.13. The molecule has 0 spiro atoms. The Labute approximate surface area is 109 Å². The molecule has 0 fully saturated rings. The summed E-state index contributed by atoms with van der Waals surface area (Å²) in [7, 11) is 0. The molecule has 0 aromatic carbocycles. The van der Waals surface area contributed by atoms with Gasteiger partial charge in [0.25, 0.3) is 0 Å². The Bertz CT molecular complexity index is 771. The van der Waals surface area contributed by atoms with Crippen molar-refractivity contribution in [3.63, 3.8) is 0 Å². The van der Waals surface area contributed by atoms with Crippen LogP contribution in [0, 0.1) is 13.8 Å². The molecule has 0 amide bonds. The lowest BCUT2D eigenvalue weighted by molar-refractivity contribution is 1.21. The third kappa shape index (κ3) is 1.61. The molecule has 3 heterocycles. The zero-order valence-corrected chi connectivity index (χ0v) is 11.4. The zero-order chi connectivity index (χ0) is 12.7. The average molecular weight is 255 g/mol. The van der Waals surface area contributed by atoms with Gasteiger partial charge in [-0.3, -0.25) is 0 Å². The van der Waals surface area contributed by atoms with E-state index in [1.807, 2.05) is 26.0 Å². The van der Waals surface area contributed by atoms with E-state index in [2.05, 4.69) is 27.9 Å². The van der Waals surface area contributed by atoms with Crippen LogP contribution in [0.15, 0.2) is 18.5 Å². The number of aromatic nitrogens is 3. The Morgan fingerprint density at radius 3 is 2.83 bits per heavy atom. The maximum atomic E-state index is 4.60. The van der Waals surface area contributed by atoms with Crippen LogP contribution in [-0.2, 0) is 0 Å². The lowest BCUT2D eigenvalue weighted by Gasteiger charge is -1.98. The van der Waals surface area contributed by atoms with Crippen molar-refractivity contribution in [1.82, 2.24) is 15.0 Å². The van der Waals surface area contributed by atoms with E-state index in [0.717, 1.165) is 31.8 Å². The first-order chi connectivity index (χ1) is 8.70. The quantitative estimate of drug-likeness (QED) is 0.662. The van der Waals surface area contributed by atoms with Crippen molar-refractivity contribution >= 4 is 37.8 Å². The second kappa shape index (κ2) is 4.14. The second-order valence-electron chi connectivity index (χ2n) is 4.30. The summed E-state index contributed by atoms with van der Waals surface area (Å²) in [5.74, 6) is 0. The van der Waals surface area contributed by atoms with Gasteiger partial charge in [0.05, 0.1) is 15.9 Å². The number of thiophene rings is 1. The molecule has 18 heavy (non-hydrogen) atoms. The minimum atomic E-state index is 0.975. The minimum absolute atomic E-state index is 0.975. The van der Waals surface area contributed by atoms with Gasteiger partial charge in [0.2, 0.25) is 0 Å². The van der Waals surface area contributed by atoms with Crippen LogP contribution in [0.2, 0.25) is 0 Å². The van der Waals surface area contributed by atoms with Crippen molar-refractivity contribution in [3.8, 4) is 0 Å². The Balaban J connectivity index is 2.51. The first-order valence-electron chi connectivity index (χ1n) is 5.85. The molecule has 0 atom stereocenters. The molecule has 0 saturated heterocycles. The van der Waals surface area contributed by atoms with E-state index in [0.29, 0.717) is 0 Å². The molecule has 0 N–H and O–H groups in total. The number of pyridine rings is 1. The molecular formula is C14H13N3S. The number of rotatable bonds is 1. The molecule has 3 rings (SSSR count). The largest absolute Gasteiger partial charge is 0.242 e. The van der Waals surface area contributed by atoms with Gasteiger partial charge in [-0.05, 0) is 38.5 Å². The molecule has 0 aliphatic heterocycles. The molecular weight excluding hydrogens is 242 g/mol. The number of aryl methyl sites for hydroxylation is 2. The number of allylic oxidation sites excluding steroid dienone is 1. The molecule has 0 aliphatic carbocycles. The van der Waals surface area contributed by atoms with Gasteiger partial charge in [-0.1, -0.05) is 6.08 Å². The molecule has 3 aromatic rings. The molecule has 4 heteroatoms. The lowest BCUT2D eigenvalue weighted by Crippen LogP contribution is -1.86. The third-order valence-corrected chi connectivity index (χ3v) is 4.00. The highest BCUT2D eigenvalue weighted by Gasteiger charge is 2.12. The normalized spacial score (nSPS) is 11.9. The van der Waals surface area contributed by atoms with Gasteiger partial charge in [-0.25, -0.2) is 15.0 Å². The topological polar surface area (TPSA) is 38.7 Å². The van der Waals surface area contributed by atoms with E-state index < -0.39 is 0 Å².